The van der Waals surface area contributed by atoms with Crippen molar-refractivity contribution >= 4 is 40.0 Å². The van der Waals surface area contributed by atoms with Crippen LogP contribution in [-0.4, -0.2) is 29.7 Å². The standard InChI is InChI=1S/C24H21N3O4S/c28-20-12-11-18(23(31)26-20)25-21(29)14-17-13-19(15-7-3-1-4-8-15)32-24(17)27-22(30)16-9-5-2-6-10-16/h1-10,13,18H,11-12,14H2,(H,25,29)(H,27,30)(H,26,28,31). The molecule has 0 saturated carbocycles. The molecule has 1 saturated heterocycles. The number of hydrogen-bond donors (Lipinski definition) is 3. The number of hydrogen-bond acceptors (Lipinski definition) is 5. The van der Waals surface area contributed by atoms with E-state index in [2.05, 4.69) is 16.0 Å². The van der Waals surface area contributed by atoms with Gasteiger partial charge in [-0.1, -0.05) is 48.5 Å². The summed E-state index contributed by atoms with van der Waals surface area (Å²) in [7, 11) is 0. The Labute approximate surface area is 188 Å². The van der Waals surface area contributed by atoms with Gasteiger partial charge < -0.3 is 10.6 Å². The summed E-state index contributed by atoms with van der Waals surface area (Å²) in [6, 6.07) is 19.7. The summed E-state index contributed by atoms with van der Waals surface area (Å²) in [5, 5.41) is 8.42. The smallest absolute Gasteiger partial charge is 0.256 e. The molecule has 4 rings (SSSR count). The number of anilines is 1. The fourth-order valence-electron chi connectivity index (χ4n) is 3.42. The van der Waals surface area contributed by atoms with Gasteiger partial charge in [-0.2, -0.15) is 0 Å². The van der Waals surface area contributed by atoms with Crippen molar-refractivity contribution in [1.29, 1.82) is 0 Å². The van der Waals surface area contributed by atoms with Gasteiger partial charge in [0.15, 0.2) is 0 Å². The van der Waals surface area contributed by atoms with Crippen molar-refractivity contribution < 1.29 is 19.2 Å². The van der Waals surface area contributed by atoms with Crippen LogP contribution in [0.1, 0.15) is 28.8 Å². The minimum absolute atomic E-state index is 0.00847. The number of thiophene rings is 1. The Morgan fingerprint density at radius 2 is 1.69 bits per heavy atom. The molecule has 1 unspecified atom stereocenters. The Bertz CT molecular complexity index is 1160. The third kappa shape index (κ3) is 5.09. The molecule has 8 heteroatoms. The third-order valence-corrected chi connectivity index (χ3v) is 6.20. The molecule has 7 nitrogen and oxygen atoms in total. The minimum Gasteiger partial charge on any atom is -0.344 e. The second-order valence-corrected chi connectivity index (χ2v) is 8.45. The predicted octanol–water partition coefficient (Wildman–Crippen LogP) is 3.13. The number of imide groups is 1. The topological polar surface area (TPSA) is 104 Å². The molecule has 4 amide bonds. The Morgan fingerprint density at radius 3 is 2.38 bits per heavy atom. The largest absolute Gasteiger partial charge is 0.344 e. The molecule has 0 bridgehead atoms. The minimum atomic E-state index is -0.741. The molecule has 2 heterocycles. The lowest BCUT2D eigenvalue weighted by Gasteiger charge is -2.21. The molecule has 0 radical (unpaired) electrons. The van der Waals surface area contributed by atoms with E-state index < -0.39 is 11.9 Å². The first-order valence-electron chi connectivity index (χ1n) is 10.2. The van der Waals surface area contributed by atoms with Gasteiger partial charge in [0.1, 0.15) is 6.04 Å². The number of amides is 4. The molecule has 32 heavy (non-hydrogen) atoms. The number of carbonyl (C=O) groups excluding carboxylic acids is 4. The molecule has 0 aliphatic carbocycles. The van der Waals surface area contributed by atoms with Crippen LogP contribution in [-0.2, 0) is 20.8 Å². The zero-order chi connectivity index (χ0) is 22.5. The van der Waals surface area contributed by atoms with Gasteiger partial charge in [0.2, 0.25) is 17.7 Å². The maximum atomic E-state index is 12.7. The van der Waals surface area contributed by atoms with Crippen molar-refractivity contribution in [2.45, 2.75) is 25.3 Å². The number of carbonyl (C=O) groups is 4. The fraction of sp³-hybridized carbons (Fsp3) is 0.167. The monoisotopic (exact) mass is 447 g/mol. The van der Waals surface area contributed by atoms with Crippen LogP contribution in [0.15, 0.2) is 66.7 Å². The summed E-state index contributed by atoms with van der Waals surface area (Å²) >= 11 is 1.39. The van der Waals surface area contributed by atoms with Gasteiger partial charge in [-0.15, -0.1) is 11.3 Å². The van der Waals surface area contributed by atoms with Crippen LogP contribution >= 0.6 is 11.3 Å². The van der Waals surface area contributed by atoms with Gasteiger partial charge in [-0.3, -0.25) is 24.5 Å². The van der Waals surface area contributed by atoms with Gasteiger partial charge in [-0.05, 0) is 35.7 Å². The molecule has 1 atom stereocenters. The van der Waals surface area contributed by atoms with E-state index in [1.807, 2.05) is 42.5 Å². The first-order chi connectivity index (χ1) is 15.5. The van der Waals surface area contributed by atoms with Gasteiger partial charge in [0, 0.05) is 16.9 Å². The summed E-state index contributed by atoms with van der Waals surface area (Å²) in [6.45, 7) is 0. The first-order valence-corrected chi connectivity index (χ1v) is 11.0. The molecular weight excluding hydrogens is 426 g/mol. The zero-order valence-electron chi connectivity index (χ0n) is 17.1. The Morgan fingerprint density at radius 1 is 1.00 bits per heavy atom. The van der Waals surface area contributed by atoms with Crippen LogP contribution in [0.3, 0.4) is 0 Å². The highest BCUT2D eigenvalue weighted by molar-refractivity contribution is 7.19. The van der Waals surface area contributed by atoms with E-state index in [-0.39, 0.29) is 37.0 Å². The number of rotatable bonds is 6. The molecule has 1 aliphatic heterocycles. The Hall–Kier alpha value is -3.78. The number of piperidine rings is 1. The Kier molecular flexibility index (Phi) is 6.42. The van der Waals surface area contributed by atoms with Crippen molar-refractivity contribution in [1.82, 2.24) is 10.6 Å². The average Bonchev–Trinajstić information content (AvgIpc) is 3.19. The molecule has 1 aromatic heterocycles. The van der Waals surface area contributed by atoms with Crippen LogP contribution < -0.4 is 16.0 Å². The normalized spacial score (nSPS) is 15.7. The average molecular weight is 448 g/mol. The van der Waals surface area contributed by atoms with Crippen molar-refractivity contribution in [2.75, 3.05) is 5.32 Å². The van der Waals surface area contributed by atoms with Crippen molar-refractivity contribution in [3.05, 3.63) is 77.9 Å². The van der Waals surface area contributed by atoms with E-state index in [1.165, 1.54) is 11.3 Å². The molecule has 2 aromatic carbocycles. The number of nitrogens with one attached hydrogen (secondary N) is 3. The van der Waals surface area contributed by atoms with Crippen molar-refractivity contribution in [3.8, 4) is 10.4 Å². The lowest BCUT2D eigenvalue weighted by atomic mass is 10.1. The summed E-state index contributed by atoms with van der Waals surface area (Å²) in [5.74, 6) is -1.45. The quantitative estimate of drug-likeness (QED) is 0.505. The van der Waals surface area contributed by atoms with E-state index in [1.54, 1.807) is 24.3 Å². The van der Waals surface area contributed by atoms with E-state index in [0.717, 1.165) is 10.4 Å². The maximum Gasteiger partial charge on any atom is 0.256 e. The lowest BCUT2D eigenvalue weighted by molar-refractivity contribution is -0.137. The van der Waals surface area contributed by atoms with Crippen LogP contribution in [0.5, 0.6) is 0 Å². The van der Waals surface area contributed by atoms with E-state index in [4.69, 9.17) is 0 Å². The van der Waals surface area contributed by atoms with E-state index in [9.17, 15) is 19.2 Å². The van der Waals surface area contributed by atoms with Crippen LogP contribution in [0.25, 0.3) is 10.4 Å². The third-order valence-electron chi connectivity index (χ3n) is 5.06. The zero-order valence-corrected chi connectivity index (χ0v) is 17.9. The van der Waals surface area contributed by atoms with Crippen LogP contribution in [0, 0.1) is 0 Å². The summed E-state index contributed by atoms with van der Waals surface area (Å²) in [6.07, 6.45) is 0.448. The highest BCUT2D eigenvalue weighted by Crippen LogP contribution is 2.36. The second-order valence-electron chi connectivity index (χ2n) is 7.40. The predicted molar refractivity (Wildman–Crippen MR) is 122 cm³/mol. The van der Waals surface area contributed by atoms with Crippen LogP contribution in [0.2, 0.25) is 0 Å². The highest BCUT2D eigenvalue weighted by Gasteiger charge is 2.28. The lowest BCUT2D eigenvalue weighted by Crippen LogP contribution is -2.52. The second kappa shape index (κ2) is 9.57. The van der Waals surface area contributed by atoms with Gasteiger partial charge in [0.25, 0.3) is 5.91 Å². The molecule has 162 valence electrons. The van der Waals surface area contributed by atoms with E-state index >= 15 is 0 Å². The van der Waals surface area contributed by atoms with E-state index in [0.29, 0.717) is 16.1 Å². The maximum absolute atomic E-state index is 12.7. The van der Waals surface area contributed by atoms with Crippen molar-refractivity contribution in [2.24, 2.45) is 0 Å². The summed E-state index contributed by atoms with van der Waals surface area (Å²) < 4.78 is 0. The molecular formula is C24H21N3O4S. The van der Waals surface area contributed by atoms with Crippen molar-refractivity contribution in [3.63, 3.8) is 0 Å². The number of benzene rings is 2. The summed E-state index contributed by atoms with van der Waals surface area (Å²) in [4.78, 5) is 49.6. The molecule has 3 aromatic rings. The first kappa shape index (κ1) is 21.5. The molecule has 3 N–H and O–H groups in total. The SMILES string of the molecule is O=C1CCC(NC(=O)Cc2cc(-c3ccccc3)sc2NC(=O)c2ccccc2)C(=O)N1. The van der Waals surface area contributed by atoms with Crippen LogP contribution in [0.4, 0.5) is 5.00 Å². The summed E-state index contributed by atoms with van der Waals surface area (Å²) in [5.41, 5.74) is 2.15. The van der Waals surface area contributed by atoms with Gasteiger partial charge in [0.05, 0.1) is 11.4 Å². The van der Waals surface area contributed by atoms with Gasteiger partial charge >= 0.3 is 0 Å². The molecule has 1 aliphatic rings. The fourth-order valence-corrected chi connectivity index (χ4v) is 4.51. The molecule has 0 spiro atoms. The Balaban J connectivity index is 1.54. The highest BCUT2D eigenvalue weighted by atomic mass is 32.1. The molecule has 1 fully saturated rings. The van der Waals surface area contributed by atoms with Gasteiger partial charge in [-0.25, -0.2) is 0 Å².